The molecule has 0 spiro atoms. The molecule has 8 N–H and O–H groups in total. The third-order valence-corrected chi connectivity index (χ3v) is 2.00. The first-order chi connectivity index (χ1) is 7.93. The van der Waals surface area contributed by atoms with E-state index in [4.69, 9.17) is 17.2 Å². The monoisotopic (exact) mass is 245 g/mol. The topological polar surface area (TPSA) is 153 Å². The lowest BCUT2D eigenvalue weighted by atomic mass is 10.1. The fraction of sp³-hybridized carbons (Fsp3) is 0.667. The number of nitrogens with one attached hydrogen (secondary N) is 2. The molecule has 0 aromatic rings. The van der Waals surface area contributed by atoms with E-state index in [1.54, 1.807) is 0 Å². The standard InChI is InChI=1S/C9H19N5O3/c10-6(2-1-4-14-9(12)17)8(16)13-5-3-7(11)15/h6H,1-5,10H2,(H2,11,15)(H,13,16)(H3,12,14,17)/t6-/m0/s1. The highest BCUT2D eigenvalue weighted by Crippen LogP contribution is 1.93. The molecule has 4 amide bonds. The lowest BCUT2D eigenvalue weighted by Gasteiger charge is -2.11. The second-order valence-electron chi connectivity index (χ2n) is 3.55. The van der Waals surface area contributed by atoms with Crippen LogP contribution in [0.15, 0.2) is 0 Å². The molecular weight excluding hydrogens is 226 g/mol. The van der Waals surface area contributed by atoms with Gasteiger partial charge in [0.1, 0.15) is 0 Å². The van der Waals surface area contributed by atoms with Gasteiger partial charge in [0, 0.05) is 19.5 Å². The van der Waals surface area contributed by atoms with Crippen LogP contribution in [0.2, 0.25) is 0 Å². The zero-order chi connectivity index (χ0) is 13.3. The van der Waals surface area contributed by atoms with E-state index in [1.807, 2.05) is 0 Å². The van der Waals surface area contributed by atoms with Gasteiger partial charge in [-0.3, -0.25) is 9.59 Å². The summed E-state index contributed by atoms with van der Waals surface area (Å²) in [6, 6.07) is -1.28. The minimum atomic E-state index is -0.669. The highest BCUT2D eigenvalue weighted by atomic mass is 16.2. The predicted molar refractivity (Wildman–Crippen MR) is 61.6 cm³/mol. The summed E-state index contributed by atoms with van der Waals surface area (Å²) in [5, 5.41) is 4.87. The minimum Gasteiger partial charge on any atom is -0.370 e. The van der Waals surface area contributed by atoms with E-state index in [0.29, 0.717) is 19.4 Å². The smallest absolute Gasteiger partial charge is 0.312 e. The molecule has 0 heterocycles. The van der Waals surface area contributed by atoms with Crippen molar-refractivity contribution in [1.29, 1.82) is 0 Å². The van der Waals surface area contributed by atoms with Crippen LogP contribution in [0, 0.1) is 0 Å². The molecule has 0 aliphatic heterocycles. The van der Waals surface area contributed by atoms with Crippen LogP contribution in [0.5, 0.6) is 0 Å². The Morgan fingerprint density at radius 1 is 1.06 bits per heavy atom. The van der Waals surface area contributed by atoms with Gasteiger partial charge in [0.2, 0.25) is 11.8 Å². The second kappa shape index (κ2) is 8.34. The van der Waals surface area contributed by atoms with Crippen molar-refractivity contribution in [1.82, 2.24) is 10.6 Å². The van der Waals surface area contributed by atoms with Crippen LogP contribution in [0.1, 0.15) is 19.3 Å². The van der Waals surface area contributed by atoms with Crippen LogP contribution >= 0.6 is 0 Å². The van der Waals surface area contributed by atoms with Crippen LogP contribution in [0.25, 0.3) is 0 Å². The van der Waals surface area contributed by atoms with E-state index < -0.39 is 18.0 Å². The fourth-order valence-corrected chi connectivity index (χ4v) is 1.10. The molecular formula is C9H19N5O3. The molecule has 0 unspecified atom stereocenters. The summed E-state index contributed by atoms with van der Waals surface area (Å²) in [5.74, 6) is -0.824. The maximum Gasteiger partial charge on any atom is 0.312 e. The van der Waals surface area contributed by atoms with Crippen LogP contribution < -0.4 is 27.8 Å². The highest BCUT2D eigenvalue weighted by Gasteiger charge is 2.12. The second-order valence-corrected chi connectivity index (χ2v) is 3.55. The summed E-state index contributed by atoms with van der Waals surface area (Å²) >= 11 is 0. The zero-order valence-corrected chi connectivity index (χ0v) is 9.57. The average molecular weight is 245 g/mol. The van der Waals surface area contributed by atoms with E-state index in [2.05, 4.69) is 10.6 Å². The van der Waals surface area contributed by atoms with E-state index in [1.165, 1.54) is 0 Å². The van der Waals surface area contributed by atoms with Gasteiger partial charge >= 0.3 is 6.03 Å². The molecule has 0 radical (unpaired) electrons. The van der Waals surface area contributed by atoms with Crippen molar-refractivity contribution in [2.75, 3.05) is 13.1 Å². The third kappa shape index (κ3) is 9.12. The minimum absolute atomic E-state index is 0.0850. The summed E-state index contributed by atoms with van der Waals surface area (Å²) in [4.78, 5) is 32.1. The van der Waals surface area contributed by atoms with Crippen molar-refractivity contribution in [2.45, 2.75) is 25.3 Å². The van der Waals surface area contributed by atoms with Gasteiger partial charge in [-0.05, 0) is 12.8 Å². The molecule has 1 atom stereocenters. The van der Waals surface area contributed by atoms with Crippen molar-refractivity contribution >= 4 is 17.8 Å². The average Bonchev–Trinajstić information content (AvgIpc) is 2.23. The number of carbonyl (C=O) groups is 3. The fourth-order valence-electron chi connectivity index (χ4n) is 1.10. The molecule has 0 saturated carbocycles. The molecule has 0 bridgehead atoms. The van der Waals surface area contributed by atoms with Crippen LogP contribution in [0.4, 0.5) is 4.79 Å². The van der Waals surface area contributed by atoms with Gasteiger partial charge in [-0.1, -0.05) is 0 Å². The number of amides is 4. The molecule has 8 nitrogen and oxygen atoms in total. The summed E-state index contributed by atoms with van der Waals surface area (Å²) in [6.45, 7) is 0.555. The Balaban J connectivity index is 3.60. The van der Waals surface area contributed by atoms with Crippen LogP contribution in [-0.4, -0.2) is 37.0 Å². The van der Waals surface area contributed by atoms with Gasteiger partial charge in [-0.25, -0.2) is 4.79 Å². The number of hydrogen-bond acceptors (Lipinski definition) is 4. The van der Waals surface area contributed by atoms with Crippen LogP contribution in [0.3, 0.4) is 0 Å². The molecule has 98 valence electrons. The van der Waals surface area contributed by atoms with Gasteiger partial charge in [-0.2, -0.15) is 0 Å². The maximum absolute atomic E-state index is 11.4. The largest absolute Gasteiger partial charge is 0.370 e. The summed E-state index contributed by atoms with van der Waals surface area (Å²) in [7, 11) is 0. The predicted octanol–water partition coefficient (Wildman–Crippen LogP) is -2.25. The summed E-state index contributed by atoms with van der Waals surface area (Å²) in [5.41, 5.74) is 15.3. The first kappa shape index (κ1) is 15.2. The number of rotatable bonds is 8. The van der Waals surface area contributed by atoms with E-state index in [9.17, 15) is 14.4 Å². The van der Waals surface area contributed by atoms with E-state index >= 15 is 0 Å². The Hall–Kier alpha value is -1.83. The molecule has 0 aromatic carbocycles. The van der Waals surface area contributed by atoms with Gasteiger partial charge in [0.05, 0.1) is 6.04 Å². The number of carbonyl (C=O) groups excluding carboxylic acids is 3. The Kier molecular flexibility index (Phi) is 7.44. The Morgan fingerprint density at radius 2 is 1.71 bits per heavy atom. The van der Waals surface area contributed by atoms with Crippen molar-refractivity contribution in [3.63, 3.8) is 0 Å². The normalized spacial score (nSPS) is 11.6. The van der Waals surface area contributed by atoms with Crippen LogP contribution in [-0.2, 0) is 9.59 Å². The van der Waals surface area contributed by atoms with Crippen molar-refractivity contribution in [3.05, 3.63) is 0 Å². The lowest BCUT2D eigenvalue weighted by molar-refractivity contribution is -0.122. The van der Waals surface area contributed by atoms with E-state index in [0.717, 1.165) is 0 Å². The Labute approximate surface area is 99.3 Å². The quantitative estimate of drug-likeness (QED) is 0.306. The SMILES string of the molecule is NC(=O)CCNC(=O)[C@@H](N)CCCNC(N)=O. The summed E-state index contributed by atoms with van der Waals surface area (Å²) < 4.78 is 0. The van der Waals surface area contributed by atoms with Gasteiger partial charge in [0.25, 0.3) is 0 Å². The zero-order valence-electron chi connectivity index (χ0n) is 9.57. The lowest BCUT2D eigenvalue weighted by Crippen LogP contribution is -2.42. The molecule has 0 aliphatic carbocycles. The van der Waals surface area contributed by atoms with Gasteiger partial charge < -0.3 is 27.8 Å². The number of nitrogens with two attached hydrogens (primary N) is 3. The molecule has 8 heteroatoms. The first-order valence-corrected chi connectivity index (χ1v) is 5.28. The van der Waals surface area contributed by atoms with Gasteiger partial charge in [-0.15, -0.1) is 0 Å². The number of primary amides is 2. The number of hydrogen-bond donors (Lipinski definition) is 5. The molecule has 0 fully saturated rings. The van der Waals surface area contributed by atoms with Crippen molar-refractivity contribution in [2.24, 2.45) is 17.2 Å². The molecule has 0 saturated heterocycles. The molecule has 0 aromatic heterocycles. The highest BCUT2D eigenvalue weighted by molar-refractivity contribution is 5.82. The Bertz CT molecular complexity index is 282. The summed E-state index contributed by atoms with van der Waals surface area (Å²) in [6.07, 6.45) is 1.05. The first-order valence-electron chi connectivity index (χ1n) is 5.28. The van der Waals surface area contributed by atoms with Gasteiger partial charge in [0.15, 0.2) is 0 Å². The number of urea groups is 1. The molecule has 0 rings (SSSR count). The molecule has 17 heavy (non-hydrogen) atoms. The van der Waals surface area contributed by atoms with E-state index in [-0.39, 0.29) is 18.9 Å². The molecule has 0 aliphatic rings. The van der Waals surface area contributed by atoms with Crippen molar-refractivity contribution in [3.8, 4) is 0 Å². The maximum atomic E-state index is 11.4. The Morgan fingerprint density at radius 3 is 2.24 bits per heavy atom. The third-order valence-electron chi connectivity index (χ3n) is 2.00. The van der Waals surface area contributed by atoms with Crippen molar-refractivity contribution < 1.29 is 14.4 Å².